The second kappa shape index (κ2) is 11.8. The molecule has 0 N–H and O–H groups in total. The molecule has 3 atom stereocenters. The number of hydrogen-bond donors (Lipinski definition) is 0. The van der Waals surface area contributed by atoms with Crippen LogP contribution in [0.25, 0.3) is 11.1 Å². The van der Waals surface area contributed by atoms with Crippen molar-refractivity contribution in [3.05, 3.63) is 60.2 Å². The van der Waals surface area contributed by atoms with E-state index in [0.717, 1.165) is 30.4 Å². The highest BCUT2D eigenvalue weighted by molar-refractivity contribution is 5.98. The van der Waals surface area contributed by atoms with Crippen molar-refractivity contribution in [3.63, 3.8) is 0 Å². The largest absolute Gasteiger partial charge is 0.462 e. The van der Waals surface area contributed by atoms with Crippen LogP contribution in [0.2, 0.25) is 0 Å². The molecule has 1 aliphatic rings. The first-order valence-electron chi connectivity index (χ1n) is 11.9. The fourth-order valence-electron chi connectivity index (χ4n) is 4.46. The fraction of sp³-hybridized carbons (Fsp3) is 0.464. The molecule has 0 aromatic heterocycles. The number of esters is 2. The molecule has 0 saturated heterocycles. The highest BCUT2D eigenvalue weighted by atomic mass is 16.5. The number of benzene rings is 2. The molecule has 2 aromatic carbocycles. The van der Waals surface area contributed by atoms with Gasteiger partial charge in [-0.2, -0.15) is 0 Å². The van der Waals surface area contributed by atoms with Crippen molar-refractivity contribution in [2.24, 2.45) is 17.8 Å². The van der Waals surface area contributed by atoms with Crippen molar-refractivity contribution in [1.82, 2.24) is 0 Å². The Bertz CT molecular complexity index is 933. The molecule has 33 heavy (non-hydrogen) atoms. The first-order valence-corrected chi connectivity index (χ1v) is 11.9. The molecular weight excluding hydrogens is 416 g/mol. The molecule has 176 valence electrons. The van der Waals surface area contributed by atoms with Crippen LogP contribution >= 0.6 is 0 Å². The average Bonchev–Trinajstić information content (AvgIpc) is 2.81. The van der Waals surface area contributed by atoms with Gasteiger partial charge in [-0.05, 0) is 41.7 Å². The molecule has 3 rings (SSSR count). The first kappa shape index (κ1) is 24.7. The Labute approximate surface area is 196 Å². The number of ether oxygens (including phenoxy) is 2. The van der Waals surface area contributed by atoms with Crippen molar-refractivity contribution < 1.29 is 23.9 Å². The van der Waals surface area contributed by atoms with Gasteiger partial charge in [0, 0.05) is 5.56 Å². The lowest BCUT2D eigenvalue weighted by atomic mass is 9.75. The van der Waals surface area contributed by atoms with Crippen LogP contribution in [0, 0.1) is 17.8 Å². The molecule has 1 fully saturated rings. The maximum absolute atomic E-state index is 12.4. The number of Topliss-reactive ketones (excluding diaryl/α,β-unsaturated/α-hetero) is 1. The summed E-state index contributed by atoms with van der Waals surface area (Å²) in [6, 6.07) is 17.1. The van der Waals surface area contributed by atoms with Gasteiger partial charge < -0.3 is 9.47 Å². The Morgan fingerprint density at radius 2 is 1.52 bits per heavy atom. The minimum atomic E-state index is -0.571. The van der Waals surface area contributed by atoms with E-state index in [4.69, 9.17) is 9.47 Å². The summed E-state index contributed by atoms with van der Waals surface area (Å²) in [6.45, 7) is 6.16. The summed E-state index contributed by atoms with van der Waals surface area (Å²) in [5.41, 5.74) is 2.56. The van der Waals surface area contributed by atoms with Gasteiger partial charge >= 0.3 is 11.9 Å². The molecule has 0 bridgehead atoms. The smallest absolute Gasteiger partial charge is 0.306 e. The van der Waals surface area contributed by atoms with Gasteiger partial charge in [-0.3, -0.25) is 14.4 Å². The highest BCUT2D eigenvalue weighted by Crippen LogP contribution is 2.35. The molecule has 0 aliphatic heterocycles. The predicted molar refractivity (Wildman–Crippen MR) is 128 cm³/mol. The monoisotopic (exact) mass is 450 g/mol. The van der Waals surface area contributed by atoms with E-state index in [1.165, 1.54) is 0 Å². The topological polar surface area (TPSA) is 69.7 Å². The molecule has 0 radical (unpaired) electrons. The molecule has 3 unspecified atom stereocenters. The Morgan fingerprint density at radius 3 is 2.18 bits per heavy atom. The Kier molecular flexibility index (Phi) is 8.81. The number of ketones is 1. The minimum absolute atomic E-state index is 0.0332. The van der Waals surface area contributed by atoms with Gasteiger partial charge in [0.25, 0.3) is 0 Å². The Balaban J connectivity index is 1.41. The minimum Gasteiger partial charge on any atom is -0.462 e. The molecule has 1 aliphatic carbocycles. The summed E-state index contributed by atoms with van der Waals surface area (Å²) in [6.07, 6.45) is 2.89. The zero-order valence-corrected chi connectivity index (χ0v) is 19.8. The SMILES string of the molecule is CC1CCC(C(C)C)C(OC(=O)CCC(=O)OCC(=O)c2ccc(-c3ccccc3)cc2)C1. The standard InChI is InChI=1S/C28H34O5/c1-19(2)24-14-9-20(3)17-26(24)33-28(31)16-15-27(30)32-18-25(29)23-12-10-22(11-13-23)21-7-5-4-6-8-21/h4-8,10-13,19-20,24,26H,9,14-18H2,1-3H3. The summed E-state index contributed by atoms with van der Waals surface area (Å²) in [7, 11) is 0. The van der Waals surface area contributed by atoms with Crippen molar-refractivity contribution in [1.29, 1.82) is 0 Å². The van der Waals surface area contributed by atoms with Crippen LogP contribution in [0.3, 0.4) is 0 Å². The second-order valence-electron chi connectivity index (χ2n) is 9.38. The summed E-state index contributed by atoms with van der Waals surface area (Å²) >= 11 is 0. The van der Waals surface area contributed by atoms with E-state index in [9.17, 15) is 14.4 Å². The third kappa shape index (κ3) is 7.28. The lowest BCUT2D eigenvalue weighted by molar-refractivity contribution is -0.158. The second-order valence-corrected chi connectivity index (χ2v) is 9.38. The van der Waals surface area contributed by atoms with Crippen LogP contribution < -0.4 is 0 Å². The molecule has 0 amide bonds. The van der Waals surface area contributed by atoms with Gasteiger partial charge in [-0.1, -0.05) is 81.8 Å². The van der Waals surface area contributed by atoms with E-state index in [-0.39, 0.29) is 37.3 Å². The van der Waals surface area contributed by atoms with Gasteiger partial charge in [0.15, 0.2) is 12.4 Å². The van der Waals surface area contributed by atoms with Crippen molar-refractivity contribution in [2.75, 3.05) is 6.61 Å². The van der Waals surface area contributed by atoms with Crippen LogP contribution in [-0.2, 0) is 19.1 Å². The van der Waals surface area contributed by atoms with Crippen LogP contribution in [-0.4, -0.2) is 30.4 Å². The summed E-state index contributed by atoms with van der Waals surface area (Å²) < 4.78 is 10.8. The zero-order valence-electron chi connectivity index (χ0n) is 19.8. The van der Waals surface area contributed by atoms with E-state index < -0.39 is 5.97 Å². The van der Waals surface area contributed by atoms with E-state index in [2.05, 4.69) is 20.8 Å². The number of carbonyl (C=O) groups is 3. The third-order valence-electron chi connectivity index (χ3n) is 6.46. The van der Waals surface area contributed by atoms with Crippen molar-refractivity contribution >= 4 is 17.7 Å². The van der Waals surface area contributed by atoms with Gasteiger partial charge in [-0.15, -0.1) is 0 Å². The van der Waals surface area contributed by atoms with Gasteiger partial charge in [0.1, 0.15) is 6.10 Å². The quantitative estimate of drug-likeness (QED) is 0.353. The summed E-state index contributed by atoms with van der Waals surface area (Å²) in [5.74, 6) is 0.131. The third-order valence-corrected chi connectivity index (χ3v) is 6.46. The number of rotatable bonds is 9. The maximum atomic E-state index is 12.4. The molecule has 5 nitrogen and oxygen atoms in total. The molecule has 5 heteroatoms. The lowest BCUT2D eigenvalue weighted by Gasteiger charge is -2.36. The number of hydrogen-bond acceptors (Lipinski definition) is 5. The zero-order chi connectivity index (χ0) is 23.8. The molecule has 2 aromatic rings. The van der Waals surface area contributed by atoms with Crippen LogP contribution in [0.5, 0.6) is 0 Å². The normalized spacial score (nSPS) is 20.3. The lowest BCUT2D eigenvalue weighted by Crippen LogP contribution is -2.36. The molecule has 1 saturated carbocycles. The van der Waals surface area contributed by atoms with Crippen LogP contribution in [0.1, 0.15) is 63.2 Å². The van der Waals surface area contributed by atoms with Gasteiger partial charge in [-0.25, -0.2) is 0 Å². The molecular formula is C28H34O5. The van der Waals surface area contributed by atoms with Crippen LogP contribution in [0.15, 0.2) is 54.6 Å². The average molecular weight is 451 g/mol. The van der Waals surface area contributed by atoms with Gasteiger partial charge in [0.05, 0.1) is 12.8 Å². The Morgan fingerprint density at radius 1 is 0.879 bits per heavy atom. The summed E-state index contributed by atoms with van der Waals surface area (Å²) in [4.78, 5) is 36.7. The van der Waals surface area contributed by atoms with E-state index in [1.807, 2.05) is 42.5 Å². The molecule has 0 spiro atoms. The fourth-order valence-corrected chi connectivity index (χ4v) is 4.46. The predicted octanol–water partition coefficient (Wildman–Crippen LogP) is 5.86. The van der Waals surface area contributed by atoms with Crippen molar-refractivity contribution in [2.45, 2.75) is 59.0 Å². The summed E-state index contributed by atoms with van der Waals surface area (Å²) in [5, 5.41) is 0. The maximum Gasteiger partial charge on any atom is 0.306 e. The van der Waals surface area contributed by atoms with E-state index >= 15 is 0 Å². The van der Waals surface area contributed by atoms with Crippen LogP contribution in [0.4, 0.5) is 0 Å². The Hall–Kier alpha value is -2.95. The van der Waals surface area contributed by atoms with Gasteiger partial charge in [0.2, 0.25) is 0 Å². The first-order chi connectivity index (χ1) is 15.8. The molecule has 0 heterocycles. The van der Waals surface area contributed by atoms with Crippen molar-refractivity contribution in [3.8, 4) is 11.1 Å². The van der Waals surface area contributed by atoms with E-state index in [1.54, 1.807) is 12.1 Å². The highest BCUT2D eigenvalue weighted by Gasteiger charge is 2.33. The number of carbonyl (C=O) groups excluding carboxylic acids is 3. The van der Waals surface area contributed by atoms with E-state index in [0.29, 0.717) is 23.3 Å².